The highest BCUT2D eigenvalue weighted by atomic mass is 16.6. The van der Waals surface area contributed by atoms with Crippen LogP contribution in [0.25, 0.3) is 28.2 Å². The van der Waals surface area contributed by atoms with E-state index in [1.807, 2.05) is 71.3 Å². The van der Waals surface area contributed by atoms with Gasteiger partial charge in [-0.1, -0.05) is 85.2 Å². The molecule has 0 atom stereocenters. The fraction of sp³-hybridized carbons (Fsp3) is 0.250. The molecule has 2 aromatic heterocycles. The lowest BCUT2D eigenvalue weighted by atomic mass is 9.96. The molecule has 0 saturated heterocycles. The third-order valence-electron chi connectivity index (χ3n) is 7.24. The van der Waals surface area contributed by atoms with Gasteiger partial charge < -0.3 is 5.11 Å². The number of unbranched alkanes of at least 4 members (excludes halogenated alkanes) is 1. The topological polar surface area (TPSA) is 94.0 Å². The Balaban J connectivity index is 1.38. The Bertz CT molecular complexity index is 1650. The lowest BCUT2D eigenvalue weighted by Crippen LogP contribution is -2.29. The number of hydrogen-bond donors (Lipinski definition) is 1. The summed E-state index contributed by atoms with van der Waals surface area (Å²) in [7, 11) is 0. The summed E-state index contributed by atoms with van der Waals surface area (Å²) in [4.78, 5) is 23.2. The van der Waals surface area contributed by atoms with Crippen molar-refractivity contribution in [2.75, 3.05) is 0 Å². The van der Waals surface area contributed by atoms with Crippen LogP contribution in [0.1, 0.15) is 61.2 Å². The Labute approximate surface area is 226 Å². The van der Waals surface area contributed by atoms with Gasteiger partial charge in [0.05, 0.1) is 11.4 Å². The summed E-state index contributed by atoms with van der Waals surface area (Å²) in [5.74, 6) is 1.59. The van der Waals surface area contributed by atoms with Gasteiger partial charge in [0.15, 0.2) is 0 Å². The van der Waals surface area contributed by atoms with Gasteiger partial charge in [0, 0.05) is 23.5 Å². The first-order valence-electron chi connectivity index (χ1n) is 13.5. The molecule has 0 unspecified atom stereocenters. The first-order chi connectivity index (χ1) is 19.1. The minimum absolute atomic E-state index is 0.0375. The van der Waals surface area contributed by atoms with E-state index in [0.29, 0.717) is 18.2 Å². The molecule has 1 saturated carbocycles. The molecule has 5 aromatic rings. The van der Waals surface area contributed by atoms with Crippen LogP contribution >= 0.6 is 0 Å². The minimum atomic E-state index is -0.462. The fourth-order valence-corrected chi connectivity index (χ4v) is 5.05. The third kappa shape index (κ3) is 5.12. The van der Waals surface area contributed by atoms with Gasteiger partial charge in [0.25, 0.3) is 5.56 Å². The molecule has 39 heavy (non-hydrogen) atoms. The fourth-order valence-electron chi connectivity index (χ4n) is 5.05. The van der Waals surface area contributed by atoms with E-state index in [4.69, 9.17) is 9.51 Å². The molecule has 196 valence electrons. The zero-order valence-electron chi connectivity index (χ0n) is 21.9. The molecule has 3 aromatic carbocycles. The maximum absolute atomic E-state index is 14.1. The van der Waals surface area contributed by atoms with E-state index in [0.717, 1.165) is 77.1 Å². The summed E-state index contributed by atoms with van der Waals surface area (Å²) < 4.78 is 6.61. The Hall–Kier alpha value is -4.52. The zero-order valence-corrected chi connectivity index (χ0v) is 21.9. The van der Waals surface area contributed by atoms with Crippen LogP contribution in [0.3, 0.4) is 0 Å². The average molecular weight is 519 g/mol. The standard InChI is InChI=1S/C32H30N4O3/c1-2-3-13-28-27(31(37)36(24-9-5-4-6-10-24)30(33-28)23-18-19-23)20-21-14-16-22(17-15-21)25-11-7-8-12-26(25)29-34-32(38)39-35-29/h4-12,14-17,23H,2-3,13,18-20H2,1H3,(H,34,35,38). The number of para-hydroxylation sites is 1. The van der Waals surface area contributed by atoms with Crippen molar-refractivity contribution in [3.05, 3.63) is 112 Å². The molecule has 1 fully saturated rings. The second kappa shape index (κ2) is 10.7. The van der Waals surface area contributed by atoms with Crippen LogP contribution in [-0.2, 0) is 12.8 Å². The summed E-state index contributed by atoms with van der Waals surface area (Å²) in [5.41, 5.74) is 6.33. The smallest absolute Gasteiger partial charge is 0.415 e. The highest BCUT2D eigenvalue weighted by molar-refractivity contribution is 5.80. The summed E-state index contributed by atoms with van der Waals surface area (Å²) in [6.07, 6.45) is 5.07. The number of benzene rings is 3. The second-order valence-electron chi connectivity index (χ2n) is 10.1. The van der Waals surface area contributed by atoms with Crippen molar-refractivity contribution in [2.24, 2.45) is 0 Å². The number of aromatic hydroxyl groups is 1. The van der Waals surface area contributed by atoms with E-state index in [2.05, 4.69) is 29.2 Å². The molecule has 1 N–H and O–H groups in total. The zero-order chi connectivity index (χ0) is 26.8. The van der Waals surface area contributed by atoms with E-state index < -0.39 is 6.08 Å². The van der Waals surface area contributed by atoms with Crippen LogP contribution in [0.2, 0.25) is 0 Å². The minimum Gasteiger partial charge on any atom is -0.464 e. The predicted octanol–water partition coefficient (Wildman–Crippen LogP) is 6.47. The molecule has 7 nitrogen and oxygen atoms in total. The molecule has 2 heterocycles. The van der Waals surface area contributed by atoms with Crippen molar-refractivity contribution in [3.63, 3.8) is 0 Å². The molecule has 6 rings (SSSR count). The molecular formula is C32H30N4O3. The van der Waals surface area contributed by atoms with Crippen molar-refractivity contribution in [1.29, 1.82) is 0 Å². The van der Waals surface area contributed by atoms with Gasteiger partial charge in [-0.15, -0.1) is 0 Å². The molecular weight excluding hydrogens is 488 g/mol. The van der Waals surface area contributed by atoms with Crippen molar-refractivity contribution in [1.82, 2.24) is 19.7 Å². The largest absolute Gasteiger partial charge is 0.464 e. The lowest BCUT2D eigenvalue weighted by Gasteiger charge is -2.17. The molecule has 1 aliphatic rings. The van der Waals surface area contributed by atoms with E-state index in [9.17, 15) is 9.90 Å². The van der Waals surface area contributed by atoms with E-state index in [-0.39, 0.29) is 5.56 Å². The average Bonchev–Trinajstić information content (AvgIpc) is 3.73. The number of aryl methyl sites for hydroxylation is 1. The quantitative estimate of drug-likeness (QED) is 0.240. The van der Waals surface area contributed by atoms with Gasteiger partial charge in [0.1, 0.15) is 5.82 Å². The molecule has 0 aliphatic heterocycles. The third-order valence-corrected chi connectivity index (χ3v) is 7.24. The van der Waals surface area contributed by atoms with Crippen LogP contribution < -0.4 is 5.56 Å². The van der Waals surface area contributed by atoms with Crippen LogP contribution in [0.4, 0.5) is 0 Å². The highest BCUT2D eigenvalue weighted by Gasteiger charge is 2.31. The Morgan fingerprint density at radius 2 is 1.64 bits per heavy atom. The summed E-state index contributed by atoms with van der Waals surface area (Å²) in [6, 6.07) is 25.8. The van der Waals surface area contributed by atoms with Gasteiger partial charge >= 0.3 is 6.08 Å². The highest BCUT2D eigenvalue weighted by Crippen LogP contribution is 2.39. The lowest BCUT2D eigenvalue weighted by molar-refractivity contribution is 0.267. The Kier molecular flexibility index (Phi) is 6.80. The monoisotopic (exact) mass is 518 g/mol. The number of nitrogens with zero attached hydrogens (tertiary/aromatic N) is 4. The molecule has 7 heteroatoms. The van der Waals surface area contributed by atoms with Crippen LogP contribution in [-0.4, -0.2) is 24.8 Å². The van der Waals surface area contributed by atoms with Crippen LogP contribution in [0, 0.1) is 0 Å². The molecule has 0 bridgehead atoms. The van der Waals surface area contributed by atoms with Gasteiger partial charge in [0.2, 0.25) is 5.82 Å². The SMILES string of the molecule is CCCCc1nc(C2CC2)n(-c2ccccc2)c(=O)c1Cc1ccc(-c2ccccc2-c2noc(O)n2)cc1. The summed E-state index contributed by atoms with van der Waals surface area (Å²) in [6.45, 7) is 2.17. The maximum Gasteiger partial charge on any atom is 0.415 e. The normalized spacial score (nSPS) is 13.1. The van der Waals surface area contributed by atoms with Gasteiger partial charge in [-0.05, 0) is 54.5 Å². The van der Waals surface area contributed by atoms with Crippen molar-refractivity contribution in [3.8, 4) is 34.3 Å². The number of hydrogen-bond acceptors (Lipinski definition) is 6. The van der Waals surface area contributed by atoms with Crippen LogP contribution in [0.5, 0.6) is 6.08 Å². The van der Waals surface area contributed by atoms with E-state index in [1.54, 1.807) is 0 Å². The Morgan fingerprint density at radius 1 is 0.923 bits per heavy atom. The maximum atomic E-state index is 14.1. The van der Waals surface area contributed by atoms with E-state index in [1.165, 1.54) is 0 Å². The van der Waals surface area contributed by atoms with Gasteiger partial charge in [-0.2, -0.15) is 4.98 Å². The molecule has 0 amide bonds. The number of aromatic nitrogens is 4. The number of rotatable bonds is 9. The molecule has 1 aliphatic carbocycles. The first kappa shape index (κ1) is 24.8. The van der Waals surface area contributed by atoms with Crippen LogP contribution in [0.15, 0.2) is 88.2 Å². The van der Waals surface area contributed by atoms with Gasteiger partial charge in [-0.3, -0.25) is 13.9 Å². The van der Waals surface area contributed by atoms with E-state index >= 15 is 0 Å². The summed E-state index contributed by atoms with van der Waals surface area (Å²) >= 11 is 0. The summed E-state index contributed by atoms with van der Waals surface area (Å²) in [5, 5.41) is 13.4. The molecule has 0 spiro atoms. The first-order valence-corrected chi connectivity index (χ1v) is 13.5. The van der Waals surface area contributed by atoms with Crippen molar-refractivity contribution in [2.45, 2.75) is 51.4 Å². The second-order valence-corrected chi connectivity index (χ2v) is 10.1. The van der Waals surface area contributed by atoms with Crippen molar-refractivity contribution < 1.29 is 9.63 Å². The molecule has 0 radical (unpaired) electrons. The van der Waals surface area contributed by atoms with Crippen molar-refractivity contribution >= 4 is 0 Å². The predicted molar refractivity (Wildman–Crippen MR) is 150 cm³/mol. The Morgan fingerprint density at radius 3 is 2.31 bits per heavy atom. The van der Waals surface area contributed by atoms with Gasteiger partial charge in [-0.25, -0.2) is 4.98 Å².